The Hall–Kier alpha value is -0.200. The highest BCUT2D eigenvalue weighted by Gasteiger charge is 2.45. The van der Waals surface area contributed by atoms with Crippen LogP contribution >= 0.6 is 0 Å². The fourth-order valence-electron chi connectivity index (χ4n) is 3.37. The molecule has 4 N–H and O–H groups in total. The van der Waals surface area contributed by atoms with Crippen LogP contribution in [0.2, 0.25) is 0 Å². The third kappa shape index (κ3) is 3.47. The summed E-state index contributed by atoms with van der Waals surface area (Å²) in [5.74, 6) is 0.693. The van der Waals surface area contributed by atoms with E-state index in [0.717, 1.165) is 30.8 Å². The van der Waals surface area contributed by atoms with E-state index >= 15 is 0 Å². The highest BCUT2D eigenvalue weighted by Crippen LogP contribution is 2.32. The Kier molecular flexibility index (Phi) is 3.97. The summed E-state index contributed by atoms with van der Waals surface area (Å²) in [6.45, 7) is 16.1. The second-order valence-electron chi connectivity index (χ2n) is 8.36. The summed E-state index contributed by atoms with van der Waals surface area (Å²) in [5.41, 5.74) is 14.1. The molecule has 2 heterocycles. The first kappa shape index (κ1) is 15.2. The number of nitrogens with one attached hydrogen (secondary N) is 4. The van der Waals surface area contributed by atoms with Gasteiger partial charge in [0, 0.05) is 18.5 Å². The lowest BCUT2D eigenvalue weighted by Crippen LogP contribution is -2.58. The van der Waals surface area contributed by atoms with Crippen LogP contribution in [0.4, 0.5) is 0 Å². The van der Waals surface area contributed by atoms with Gasteiger partial charge in [0.25, 0.3) is 0 Å². The van der Waals surface area contributed by atoms with Gasteiger partial charge in [-0.05, 0) is 11.3 Å². The van der Waals surface area contributed by atoms with Gasteiger partial charge >= 0.3 is 0 Å². The number of hydrazine groups is 2. The zero-order chi connectivity index (χ0) is 14.3. The van der Waals surface area contributed by atoms with Crippen molar-refractivity contribution >= 4 is 0 Å². The van der Waals surface area contributed by atoms with Crippen LogP contribution < -0.4 is 21.8 Å². The van der Waals surface area contributed by atoms with Crippen molar-refractivity contribution in [3.8, 4) is 0 Å². The molecule has 2 unspecified atom stereocenters. The standard InChI is InChI=1S/C14H32N5/c1-13(2,3)12-9-19(6,18-17-12)10-14(4,5)11-7-15-16-8-11/h11-12,15-18H,7-10H2,1-6H3/q+1. The van der Waals surface area contributed by atoms with E-state index in [1.807, 2.05) is 0 Å². The van der Waals surface area contributed by atoms with Gasteiger partial charge in [-0.15, -0.1) is 0 Å². The maximum atomic E-state index is 3.52. The van der Waals surface area contributed by atoms with E-state index in [1.165, 1.54) is 0 Å². The van der Waals surface area contributed by atoms with Crippen molar-refractivity contribution < 1.29 is 4.59 Å². The molecular formula is C14H32N5+. The summed E-state index contributed by atoms with van der Waals surface area (Å²) in [6.07, 6.45) is 0. The first-order valence-electron chi connectivity index (χ1n) is 7.45. The number of rotatable bonds is 3. The molecule has 0 bridgehead atoms. The van der Waals surface area contributed by atoms with Crippen molar-refractivity contribution in [3.05, 3.63) is 0 Å². The number of quaternary nitrogens is 1. The molecule has 0 spiro atoms. The second kappa shape index (κ2) is 4.97. The minimum Gasteiger partial charge on any atom is -0.257 e. The van der Waals surface area contributed by atoms with Gasteiger partial charge in [-0.1, -0.05) is 40.2 Å². The lowest BCUT2D eigenvalue weighted by atomic mass is 9.78. The molecule has 0 amide bonds. The zero-order valence-electron chi connectivity index (χ0n) is 13.4. The van der Waals surface area contributed by atoms with Gasteiger partial charge < -0.3 is 0 Å². The quantitative estimate of drug-likeness (QED) is 0.568. The first-order chi connectivity index (χ1) is 8.62. The van der Waals surface area contributed by atoms with Crippen molar-refractivity contribution in [3.63, 3.8) is 0 Å². The van der Waals surface area contributed by atoms with Crippen LogP contribution in [-0.2, 0) is 0 Å². The van der Waals surface area contributed by atoms with Crippen LogP contribution in [-0.4, -0.2) is 43.9 Å². The molecule has 0 aromatic heterocycles. The molecule has 0 radical (unpaired) electrons. The lowest BCUT2D eigenvalue weighted by Gasteiger charge is -2.38. The Bertz CT molecular complexity index is 316. The Morgan fingerprint density at radius 2 is 1.63 bits per heavy atom. The van der Waals surface area contributed by atoms with E-state index in [0.29, 0.717) is 22.8 Å². The van der Waals surface area contributed by atoms with Gasteiger partial charge in [-0.25, -0.2) is 10.0 Å². The van der Waals surface area contributed by atoms with Gasteiger partial charge in [0.05, 0.1) is 13.1 Å². The summed E-state index contributed by atoms with van der Waals surface area (Å²) in [4.78, 5) is 0. The Morgan fingerprint density at radius 3 is 2.11 bits per heavy atom. The van der Waals surface area contributed by atoms with Crippen LogP contribution in [0.5, 0.6) is 0 Å². The predicted molar refractivity (Wildman–Crippen MR) is 78.7 cm³/mol. The van der Waals surface area contributed by atoms with E-state index in [4.69, 9.17) is 0 Å². The highest BCUT2D eigenvalue weighted by atomic mass is 15.8. The van der Waals surface area contributed by atoms with E-state index in [2.05, 4.69) is 63.5 Å². The second-order valence-corrected chi connectivity index (χ2v) is 8.36. The summed E-state index contributed by atoms with van der Waals surface area (Å²) in [7, 11) is 2.30. The first-order valence-corrected chi connectivity index (χ1v) is 7.45. The molecule has 0 aromatic rings. The molecule has 5 nitrogen and oxygen atoms in total. The van der Waals surface area contributed by atoms with Gasteiger partial charge in [-0.2, -0.15) is 0 Å². The zero-order valence-corrected chi connectivity index (χ0v) is 13.4. The van der Waals surface area contributed by atoms with E-state index in [9.17, 15) is 0 Å². The summed E-state index contributed by atoms with van der Waals surface area (Å²) in [5, 5.41) is 0. The smallest absolute Gasteiger partial charge is 0.115 e. The van der Waals surface area contributed by atoms with Crippen molar-refractivity contribution in [1.82, 2.24) is 21.8 Å². The van der Waals surface area contributed by atoms with Gasteiger partial charge in [0.1, 0.15) is 13.1 Å². The fraction of sp³-hybridized carbons (Fsp3) is 1.00. The van der Waals surface area contributed by atoms with Crippen LogP contribution in [0.1, 0.15) is 34.6 Å². The van der Waals surface area contributed by atoms with Crippen molar-refractivity contribution in [1.29, 1.82) is 0 Å². The predicted octanol–water partition coefficient (Wildman–Crippen LogP) is 0.621. The average molecular weight is 270 g/mol. The number of hydrogen-bond acceptors (Lipinski definition) is 4. The largest absolute Gasteiger partial charge is 0.257 e. The third-order valence-corrected chi connectivity index (χ3v) is 4.82. The summed E-state index contributed by atoms with van der Waals surface area (Å²) >= 11 is 0. The van der Waals surface area contributed by atoms with Crippen molar-refractivity contribution in [2.24, 2.45) is 16.7 Å². The average Bonchev–Trinajstić information content (AvgIpc) is 2.84. The molecule has 19 heavy (non-hydrogen) atoms. The lowest BCUT2D eigenvalue weighted by molar-refractivity contribution is -0.949. The number of hydrogen-bond donors (Lipinski definition) is 4. The minimum absolute atomic E-state index is 0.295. The summed E-state index contributed by atoms with van der Waals surface area (Å²) < 4.78 is 0.908. The molecular weight excluding hydrogens is 238 g/mol. The molecule has 2 aliphatic rings. The van der Waals surface area contributed by atoms with Crippen molar-refractivity contribution in [2.75, 3.05) is 33.2 Å². The normalized spacial score (nSPS) is 34.1. The minimum atomic E-state index is 0.295. The van der Waals surface area contributed by atoms with Crippen molar-refractivity contribution in [2.45, 2.75) is 40.7 Å². The maximum Gasteiger partial charge on any atom is 0.115 e. The SMILES string of the molecule is CC(C)(C)C1C[N+](C)(CC(C)(C)C2CNNC2)NN1. The Labute approximate surface area is 118 Å². The van der Waals surface area contributed by atoms with Crippen LogP contribution in [0.3, 0.4) is 0 Å². The molecule has 2 rings (SSSR count). The fourth-order valence-corrected chi connectivity index (χ4v) is 3.37. The highest BCUT2D eigenvalue weighted by molar-refractivity contribution is 4.86. The Balaban J connectivity index is 1.98. The molecule has 2 atom stereocenters. The maximum absolute atomic E-state index is 3.52. The van der Waals surface area contributed by atoms with E-state index in [1.54, 1.807) is 0 Å². The topological polar surface area (TPSA) is 48.1 Å². The molecule has 0 saturated carbocycles. The van der Waals surface area contributed by atoms with Gasteiger partial charge in [0.15, 0.2) is 0 Å². The molecule has 2 fully saturated rings. The Morgan fingerprint density at radius 1 is 1.05 bits per heavy atom. The molecule has 112 valence electrons. The summed E-state index contributed by atoms with van der Waals surface area (Å²) in [6, 6.07) is 0.521. The van der Waals surface area contributed by atoms with Gasteiger partial charge in [0.2, 0.25) is 0 Å². The van der Waals surface area contributed by atoms with Crippen LogP contribution in [0.25, 0.3) is 0 Å². The molecule has 0 aromatic carbocycles. The van der Waals surface area contributed by atoms with E-state index < -0.39 is 0 Å². The monoisotopic (exact) mass is 270 g/mol. The van der Waals surface area contributed by atoms with Crippen LogP contribution in [0, 0.1) is 16.7 Å². The molecule has 2 aliphatic heterocycles. The van der Waals surface area contributed by atoms with E-state index in [-0.39, 0.29) is 0 Å². The third-order valence-electron chi connectivity index (χ3n) is 4.82. The molecule has 0 aliphatic carbocycles. The van der Waals surface area contributed by atoms with Gasteiger partial charge in [-0.3, -0.25) is 10.9 Å². The number of likely N-dealkylation sites (N-methyl/N-ethyl adjacent to an activating group) is 1. The number of nitrogens with zero attached hydrogens (tertiary/aromatic N) is 1. The molecule has 5 heteroatoms. The van der Waals surface area contributed by atoms with Crippen LogP contribution in [0.15, 0.2) is 0 Å². The molecule has 2 saturated heterocycles.